The Morgan fingerprint density at radius 1 is 1.35 bits per heavy atom. The van der Waals surface area contributed by atoms with Crippen LogP contribution in [-0.4, -0.2) is 21.1 Å². The molecule has 2 heterocycles. The minimum Gasteiger partial charge on any atom is -0.301 e. The SMILES string of the molecule is CC(C)c1cc(-c2ccccn2)nn1CC=O. The third-order valence-electron chi connectivity index (χ3n) is 2.58. The van der Waals surface area contributed by atoms with E-state index < -0.39 is 0 Å². The molecule has 0 amide bonds. The molecule has 0 saturated heterocycles. The second kappa shape index (κ2) is 4.91. The lowest BCUT2D eigenvalue weighted by molar-refractivity contribution is -0.108. The summed E-state index contributed by atoms with van der Waals surface area (Å²) in [6, 6.07) is 7.71. The van der Waals surface area contributed by atoms with Crippen LogP contribution in [0.5, 0.6) is 0 Å². The highest BCUT2D eigenvalue weighted by atomic mass is 16.1. The van der Waals surface area contributed by atoms with Crippen molar-refractivity contribution in [3.8, 4) is 11.4 Å². The molecule has 0 saturated carbocycles. The minimum absolute atomic E-state index is 0.292. The zero-order valence-corrected chi connectivity index (χ0v) is 10.00. The van der Waals surface area contributed by atoms with Gasteiger partial charge in [-0.05, 0) is 24.1 Å². The molecule has 0 spiro atoms. The van der Waals surface area contributed by atoms with Crippen LogP contribution in [0, 0.1) is 0 Å². The van der Waals surface area contributed by atoms with Gasteiger partial charge in [-0.3, -0.25) is 9.67 Å². The van der Waals surface area contributed by atoms with Crippen LogP contribution in [-0.2, 0) is 11.3 Å². The van der Waals surface area contributed by atoms with Crippen molar-refractivity contribution in [2.75, 3.05) is 0 Å². The number of hydrogen-bond acceptors (Lipinski definition) is 3. The van der Waals surface area contributed by atoms with E-state index in [2.05, 4.69) is 23.9 Å². The Morgan fingerprint density at radius 2 is 2.18 bits per heavy atom. The second-order valence-electron chi connectivity index (χ2n) is 4.17. The molecule has 0 atom stereocenters. The van der Waals surface area contributed by atoms with E-state index in [1.165, 1.54) is 0 Å². The minimum atomic E-state index is 0.292. The van der Waals surface area contributed by atoms with Gasteiger partial charge in [0.15, 0.2) is 0 Å². The van der Waals surface area contributed by atoms with Crippen molar-refractivity contribution in [2.24, 2.45) is 0 Å². The quantitative estimate of drug-likeness (QED) is 0.755. The number of aromatic nitrogens is 3. The molecule has 0 aromatic carbocycles. The van der Waals surface area contributed by atoms with Crippen molar-refractivity contribution in [3.63, 3.8) is 0 Å². The van der Waals surface area contributed by atoms with Gasteiger partial charge in [0.2, 0.25) is 0 Å². The molecule has 0 N–H and O–H groups in total. The van der Waals surface area contributed by atoms with Crippen LogP contribution in [0.3, 0.4) is 0 Å². The predicted molar refractivity (Wildman–Crippen MR) is 65.6 cm³/mol. The fourth-order valence-corrected chi connectivity index (χ4v) is 1.75. The third kappa shape index (κ3) is 2.41. The molecular formula is C13H15N3O. The molecule has 0 bridgehead atoms. The van der Waals surface area contributed by atoms with E-state index in [-0.39, 0.29) is 0 Å². The summed E-state index contributed by atoms with van der Waals surface area (Å²) in [5, 5.41) is 4.41. The molecule has 2 rings (SSSR count). The maximum absolute atomic E-state index is 10.6. The van der Waals surface area contributed by atoms with E-state index in [1.807, 2.05) is 24.3 Å². The van der Waals surface area contributed by atoms with Crippen molar-refractivity contribution >= 4 is 6.29 Å². The van der Waals surface area contributed by atoms with Crippen molar-refractivity contribution < 1.29 is 4.79 Å². The van der Waals surface area contributed by atoms with Crippen LogP contribution in [0.25, 0.3) is 11.4 Å². The topological polar surface area (TPSA) is 47.8 Å². The van der Waals surface area contributed by atoms with Gasteiger partial charge in [-0.15, -0.1) is 0 Å². The number of pyridine rings is 1. The number of nitrogens with zero attached hydrogens (tertiary/aromatic N) is 3. The van der Waals surface area contributed by atoms with Crippen LogP contribution in [0.2, 0.25) is 0 Å². The molecule has 2 aromatic heterocycles. The van der Waals surface area contributed by atoms with Gasteiger partial charge < -0.3 is 4.79 Å². The highest BCUT2D eigenvalue weighted by Gasteiger charge is 2.12. The molecule has 88 valence electrons. The molecular weight excluding hydrogens is 214 g/mol. The molecule has 0 unspecified atom stereocenters. The van der Waals surface area contributed by atoms with Gasteiger partial charge in [0.1, 0.15) is 12.0 Å². The largest absolute Gasteiger partial charge is 0.301 e. The van der Waals surface area contributed by atoms with Crippen molar-refractivity contribution in [3.05, 3.63) is 36.2 Å². The monoisotopic (exact) mass is 229 g/mol. The lowest BCUT2D eigenvalue weighted by Crippen LogP contribution is -2.07. The Kier molecular flexibility index (Phi) is 3.32. The highest BCUT2D eigenvalue weighted by Crippen LogP contribution is 2.21. The summed E-state index contributed by atoms with van der Waals surface area (Å²) in [6.07, 6.45) is 2.60. The Balaban J connectivity index is 2.43. The van der Waals surface area contributed by atoms with Crippen molar-refractivity contribution in [2.45, 2.75) is 26.3 Å². The normalized spacial score (nSPS) is 10.8. The molecule has 0 aliphatic carbocycles. The van der Waals surface area contributed by atoms with Gasteiger partial charge in [0.25, 0.3) is 0 Å². The fraction of sp³-hybridized carbons (Fsp3) is 0.308. The molecule has 4 heteroatoms. The first kappa shape index (κ1) is 11.5. The van der Waals surface area contributed by atoms with E-state index in [4.69, 9.17) is 0 Å². The maximum Gasteiger partial charge on any atom is 0.141 e. The number of carbonyl (C=O) groups is 1. The average molecular weight is 229 g/mol. The summed E-state index contributed by atoms with van der Waals surface area (Å²) in [7, 11) is 0. The van der Waals surface area contributed by atoms with Gasteiger partial charge in [0, 0.05) is 11.9 Å². The summed E-state index contributed by atoms with van der Waals surface area (Å²) >= 11 is 0. The van der Waals surface area contributed by atoms with E-state index in [0.717, 1.165) is 23.4 Å². The molecule has 0 radical (unpaired) electrons. The molecule has 0 aliphatic rings. The van der Waals surface area contributed by atoms with Gasteiger partial charge in [-0.2, -0.15) is 5.10 Å². The van der Waals surface area contributed by atoms with E-state index in [1.54, 1.807) is 10.9 Å². The molecule has 4 nitrogen and oxygen atoms in total. The highest BCUT2D eigenvalue weighted by molar-refractivity contribution is 5.55. The summed E-state index contributed by atoms with van der Waals surface area (Å²) in [5.74, 6) is 0.333. The van der Waals surface area contributed by atoms with Crippen LogP contribution in [0.4, 0.5) is 0 Å². The Morgan fingerprint density at radius 3 is 2.76 bits per heavy atom. The molecule has 0 aliphatic heterocycles. The molecule has 0 fully saturated rings. The van der Waals surface area contributed by atoms with Crippen LogP contribution in [0.1, 0.15) is 25.5 Å². The average Bonchev–Trinajstić information content (AvgIpc) is 2.75. The first-order valence-corrected chi connectivity index (χ1v) is 5.65. The van der Waals surface area contributed by atoms with Crippen LogP contribution in [0.15, 0.2) is 30.5 Å². The van der Waals surface area contributed by atoms with E-state index >= 15 is 0 Å². The first-order chi connectivity index (χ1) is 8.22. The number of hydrogen-bond donors (Lipinski definition) is 0. The number of carbonyl (C=O) groups excluding carboxylic acids is 1. The van der Waals surface area contributed by atoms with Crippen molar-refractivity contribution in [1.29, 1.82) is 0 Å². The third-order valence-corrected chi connectivity index (χ3v) is 2.58. The van der Waals surface area contributed by atoms with Crippen LogP contribution < -0.4 is 0 Å². The van der Waals surface area contributed by atoms with Gasteiger partial charge in [-0.25, -0.2) is 0 Å². The maximum atomic E-state index is 10.6. The number of aldehydes is 1. The smallest absolute Gasteiger partial charge is 0.141 e. The second-order valence-corrected chi connectivity index (χ2v) is 4.17. The summed E-state index contributed by atoms with van der Waals surface area (Å²) in [5.41, 5.74) is 2.70. The summed E-state index contributed by atoms with van der Waals surface area (Å²) in [4.78, 5) is 14.9. The zero-order chi connectivity index (χ0) is 12.3. The van der Waals surface area contributed by atoms with Gasteiger partial charge in [-0.1, -0.05) is 19.9 Å². The number of rotatable bonds is 4. The van der Waals surface area contributed by atoms with Gasteiger partial charge in [0.05, 0.1) is 12.2 Å². The van der Waals surface area contributed by atoms with Crippen molar-refractivity contribution in [1.82, 2.24) is 14.8 Å². The van der Waals surface area contributed by atoms with Crippen LogP contribution >= 0.6 is 0 Å². The standard InChI is InChI=1S/C13H15N3O/c1-10(2)13-9-12(15-16(13)7-8-17)11-5-3-4-6-14-11/h3-6,8-10H,7H2,1-2H3. The molecule has 2 aromatic rings. The predicted octanol–water partition coefficient (Wildman–Crippen LogP) is 2.27. The Bertz CT molecular complexity index is 503. The molecule has 17 heavy (non-hydrogen) atoms. The Hall–Kier alpha value is -1.97. The first-order valence-electron chi connectivity index (χ1n) is 5.65. The zero-order valence-electron chi connectivity index (χ0n) is 10.00. The summed E-state index contributed by atoms with van der Waals surface area (Å²) < 4.78 is 1.74. The summed E-state index contributed by atoms with van der Waals surface area (Å²) in [6.45, 7) is 4.46. The fourth-order valence-electron chi connectivity index (χ4n) is 1.75. The van der Waals surface area contributed by atoms with E-state index in [9.17, 15) is 4.79 Å². The van der Waals surface area contributed by atoms with E-state index in [0.29, 0.717) is 12.5 Å². The van der Waals surface area contributed by atoms with Gasteiger partial charge >= 0.3 is 0 Å². The lowest BCUT2D eigenvalue weighted by atomic mass is 10.1. The Labute approximate surface area is 100 Å². The lowest BCUT2D eigenvalue weighted by Gasteiger charge is -2.05.